The lowest BCUT2D eigenvalue weighted by molar-refractivity contribution is -0.384. The molecule has 1 aliphatic heterocycles. The van der Waals surface area contributed by atoms with Crippen LogP contribution in [0.2, 0.25) is 0 Å². The Balaban J connectivity index is 1.27. The van der Waals surface area contributed by atoms with Crippen molar-refractivity contribution in [1.29, 1.82) is 0 Å². The zero-order chi connectivity index (χ0) is 22.1. The van der Waals surface area contributed by atoms with Crippen molar-refractivity contribution < 1.29 is 19.3 Å². The number of carbonyl (C=O) groups is 3. The minimum atomic E-state index is -0.535. The third-order valence-electron chi connectivity index (χ3n) is 7.34. The predicted molar refractivity (Wildman–Crippen MR) is 115 cm³/mol. The molecule has 1 heterocycles. The Morgan fingerprint density at radius 1 is 0.969 bits per heavy atom. The van der Waals surface area contributed by atoms with Crippen LogP contribution in [0.15, 0.2) is 60.7 Å². The zero-order valence-corrected chi connectivity index (χ0v) is 16.9. The molecule has 3 fully saturated rings. The van der Waals surface area contributed by atoms with Crippen LogP contribution in [0, 0.1) is 45.6 Å². The van der Waals surface area contributed by atoms with Gasteiger partial charge in [-0.25, -0.2) is 4.90 Å². The average molecular weight is 429 g/mol. The van der Waals surface area contributed by atoms with Crippen LogP contribution < -0.4 is 10.2 Å². The Bertz CT molecular complexity index is 1200. The van der Waals surface area contributed by atoms with Crippen LogP contribution in [-0.4, -0.2) is 22.6 Å². The molecule has 160 valence electrons. The van der Waals surface area contributed by atoms with Crippen molar-refractivity contribution in [3.63, 3.8) is 0 Å². The first-order valence-corrected chi connectivity index (χ1v) is 10.7. The van der Waals surface area contributed by atoms with Crippen molar-refractivity contribution in [2.75, 3.05) is 10.2 Å². The van der Waals surface area contributed by atoms with E-state index >= 15 is 0 Å². The maximum absolute atomic E-state index is 13.3. The quantitative estimate of drug-likeness (QED) is 0.347. The molecule has 1 saturated heterocycles. The van der Waals surface area contributed by atoms with Gasteiger partial charge in [0, 0.05) is 23.4 Å². The van der Waals surface area contributed by atoms with Gasteiger partial charge in [-0.1, -0.05) is 24.3 Å². The van der Waals surface area contributed by atoms with E-state index in [4.69, 9.17) is 0 Å². The summed E-state index contributed by atoms with van der Waals surface area (Å²) < 4.78 is 0. The van der Waals surface area contributed by atoms with Gasteiger partial charge in [-0.3, -0.25) is 24.5 Å². The maximum atomic E-state index is 13.3. The molecule has 0 radical (unpaired) electrons. The molecule has 6 atom stereocenters. The van der Waals surface area contributed by atoms with E-state index in [-0.39, 0.29) is 52.4 Å². The van der Waals surface area contributed by atoms with Gasteiger partial charge >= 0.3 is 0 Å². The number of nitro groups is 1. The van der Waals surface area contributed by atoms with Crippen LogP contribution in [0.5, 0.6) is 0 Å². The molecule has 7 rings (SSSR count). The van der Waals surface area contributed by atoms with Gasteiger partial charge in [0.1, 0.15) is 0 Å². The molecule has 3 amide bonds. The minimum absolute atomic E-state index is 0.131. The number of nitrogens with zero attached hydrogens (tertiary/aromatic N) is 2. The molecule has 2 saturated carbocycles. The van der Waals surface area contributed by atoms with Crippen molar-refractivity contribution in [2.45, 2.75) is 6.42 Å². The highest BCUT2D eigenvalue weighted by Crippen LogP contribution is 2.65. The number of benzene rings is 2. The van der Waals surface area contributed by atoms with Crippen LogP contribution in [0.1, 0.15) is 16.8 Å². The molecule has 32 heavy (non-hydrogen) atoms. The van der Waals surface area contributed by atoms with Crippen LogP contribution >= 0.6 is 0 Å². The van der Waals surface area contributed by atoms with Gasteiger partial charge < -0.3 is 5.32 Å². The molecule has 5 aliphatic rings. The topological polar surface area (TPSA) is 110 Å². The SMILES string of the molecule is O=C(Nc1cccc([N+](=O)[O-])c1)c1cccc(N2C(=O)[C@@H]3[C@H]4C=C[C@@H]([C@@H]5C[C@@H]45)[C@H]3C2=O)c1. The second kappa shape index (κ2) is 6.59. The monoisotopic (exact) mass is 429 g/mol. The largest absolute Gasteiger partial charge is 0.322 e. The Labute approximate surface area is 183 Å². The first kappa shape index (κ1) is 18.9. The molecule has 0 spiro atoms. The number of allylic oxidation sites excluding steroid dienone is 2. The van der Waals surface area contributed by atoms with Gasteiger partial charge in [0.05, 0.1) is 22.4 Å². The van der Waals surface area contributed by atoms with E-state index in [1.807, 2.05) is 0 Å². The van der Waals surface area contributed by atoms with Crippen LogP contribution in [0.4, 0.5) is 17.1 Å². The van der Waals surface area contributed by atoms with E-state index in [9.17, 15) is 24.5 Å². The van der Waals surface area contributed by atoms with Crippen LogP contribution in [-0.2, 0) is 9.59 Å². The van der Waals surface area contributed by atoms with E-state index in [1.54, 1.807) is 24.3 Å². The smallest absolute Gasteiger partial charge is 0.271 e. The second-order valence-corrected chi connectivity index (χ2v) is 8.98. The fourth-order valence-corrected chi connectivity index (χ4v) is 5.90. The number of hydrogen-bond donors (Lipinski definition) is 1. The highest BCUT2D eigenvalue weighted by molar-refractivity contribution is 6.23. The second-order valence-electron chi connectivity index (χ2n) is 8.98. The van der Waals surface area contributed by atoms with E-state index in [2.05, 4.69) is 17.5 Å². The van der Waals surface area contributed by atoms with Crippen LogP contribution in [0.25, 0.3) is 0 Å². The molecular weight excluding hydrogens is 410 g/mol. The summed E-state index contributed by atoms with van der Waals surface area (Å²) in [6, 6.07) is 12.0. The van der Waals surface area contributed by atoms with Gasteiger partial charge in [-0.2, -0.15) is 0 Å². The fraction of sp³-hybridized carbons (Fsp3) is 0.292. The van der Waals surface area contributed by atoms with E-state index in [1.165, 1.54) is 29.2 Å². The third-order valence-corrected chi connectivity index (χ3v) is 7.34. The molecular formula is C24H19N3O5. The number of rotatable bonds is 4. The van der Waals surface area contributed by atoms with E-state index in [0.29, 0.717) is 17.5 Å². The standard InChI is InChI=1S/C24H19N3O5/c28-22(25-13-4-2-6-15(10-13)27(31)32)12-3-1-5-14(9-12)26-23(29)20-16-7-8-17(19-11-18(16)19)21(20)24(26)30/h1-10,16-21H,11H2,(H,25,28)/t16-,17-,18-,19-,20+,21+/m0/s1. The van der Waals surface area contributed by atoms with Crippen molar-refractivity contribution >= 4 is 34.8 Å². The maximum Gasteiger partial charge on any atom is 0.271 e. The molecule has 0 aromatic heterocycles. The Morgan fingerprint density at radius 3 is 2.28 bits per heavy atom. The first-order chi connectivity index (χ1) is 15.4. The summed E-state index contributed by atoms with van der Waals surface area (Å²) in [5.41, 5.74) is 0.798. The summed E-state index contributed by atoms with van der Waals surface area (Å²) in [6.45, 7) is 0. The number of non-ortho nitro benzene ring substituents is 1. The number of amides is 3. The van der Waals surface area contributed by atoms with E-state index < -0.39 is 10.8 Å². The molecule has 4 aliphatic carbocycles. The van der Waals surface area contributed by atoms with Gasteiger partial charge in [-0.05, 0) is 54.4 Å². The van der Waals surface area contributed by atoms with Crippen molar-refractivity contribution in [3.8, 4) is 0 Å². The summed E-state index contributed by atoms with van der Waals surface area (Å²) in [6.07, 6.45) is 5.35. The summed E-state index contributed by atoms with van der Waals surface area (Å²) in [5.74, 6) is -0.125. The van der Waals surface area contributed by atoms with Gasteiger partial charge in [-0.15, -0.1) is 0 Å². The fourth-order valence-electron chi connectivity index (χ4n) is 5.90. The number of nitrogens with one attached hydrogen (secondary N) is 1. The van der Waals surface area contributed by atoms with Crippen molar-refractivity contribution in [1.82, 2.24) is 0 Å². The lowest BCUT2D eigenvalue weighted by Gasteiger charge is -2.37. The molecule has 1 N–H and O–H groups in total. The normalized spacial score (nSPS) is 31.3. The van der Waals surface area contributed by atoms with Crippen molar-refractivity contribution in [3.05, 3.63) is 76.4 Å². The van der Waals surface area contributed by atoms with Gasteiger partial charge in [0.25, 0.3) is 11.6 Å². The summed E-state index contributed by atoms with van der Waals surface area (Å²) >= 11 is 0. The molecule has 2 bridgehead atoms. The van der Waals surface area contributed by atoms with E-state index in [0.717, 1.165) is 6.42 Å². The first-order valence-electron chi connectivity index (χ1n) is 10.7. The predicted octanol–water partition coefficient (Wildman–Crippen LogP) is 3.40. The number of carbonyl (C=O) groups excluding carboxylic acids is 3. The Hall–Kier alpha value is -3.81. The number of nitro benzene ring substituents is 1. The molecule has 0 unspecified atom stereocenters. The lowest BCUT2D eigenvalue weighted by atomic mass is 9.63. The third kappa shape index (κ3) is 2.65. The molecule has 8 nitrogen and oxygen atoms in total. The number of hydrogen-bond acceptors (Lipinski definition) is 5. The van der Waals surface area contributed by atoms with Gasteiger partial charge in [0.15, 0.2) is 0 Å². The highest BCUT2D eigenvalue weighted by atomic mass is 16.6. The molecule has 8 heteroatoms. The number of imide groups is 1. The zero-order valence-electron chi connectivity index (χ0n) is 16.9. The average Bonchev–Trinajstić information content (AvgIpc) is 3.57. The van der Waals surface area contributed by atoms with Gasteiger partial charge in [0.2, 0.25) is 11.8 Å². The Morgan fingerprint density at radius 2 is 1.62 bits per heavy atom. The highest BCUT2D eigenvalue weighted by Gasteiger charge is 2.67. The minimum Gasteiger partial charge on any atom is -0.322 e. The molecule has 2 aromatic rings. The summed E-state index contributed by atoms with van der Waals surface area (Å²) in [5, 5.41) is 13.6. The number of anilines is 2. The van der Waals surface area contributed by atoms with Crippen molar-refractivity contribution in [2.24, 2.45) is 35.5 Å². The summed E-state index contributed by atoms with van der Waals surface area (Å²) in [4.78, 5) is 51.0. The molecule has 2 aromatic carbocycles. The Kier molecular flexibility index (Phi) is 3.90. The van der Waals surface area contributed by atoms with Crippen LogP contribution in [0.3, 0.4) is 0 Å². The summed E-state index contributed by atoms with van der Waals surface area (Å²) in [7, 11) is 0. The lowest BCUT2D eigenvalue weighted by Crippen LogP contribution is -2.40.